The molecule has 0 N–H and O–H groups in total. The number of Topliss-reactive ketones (excluding diaryl/α,β-unsaturated/α-hetero) is 1. The van der Waals surface area contributed by atoms with Crippen molar-refractivity contribution in [2.75, 3.05) is 6.61 Å². The van der Waals surface area contributed by atoms with Crippen LogP contribution < -0.4 is 0 Å². The van der Waals surface area contributed by atoms with Gasteiger partial charge in [0.1, 0.15) is 5.69 Å². The zero-order chi connectivity index (χ0) is 13.8. The monoisotopic (exact) mass is 271 g/mol. The molecule has 3 rings (SSSR count). The van der Waals surface area contributed by atoms with Crippen LogP contribution in [0.2, 0.25) is 0 Å². The Kier molecular flexibility index (Phi) is 3.87. The van der Waals surface area contributed by atoms with Crippen molar-refractivity contribution in [1.82, 2.24) is 15.0 Å². The van der Waals surface area contributed by atoms with Gasteiger partial charge in [0.25, 0.3) is 0 Å². The molecule has 5 nitrogen and oxygen atoms in total. The fraction of sp³-hybridized carbons (Fsp3) is 0.400. The Bertz CT molecular complexity index is 574. The van der Waals surface area contributed by atoms with Crippen LogP contribution in [0.4, 0.5) is 0 Å². The number of para-hydroxylation sites is 1. The summed E-state index contributed by atoms with van der Waals surface area (Å²) in [6.45, 7) is 0.822. The molecule has 2 aromatic rings. The van der Waals surface area contributed by atoms with Crippen LogP contribution in [0.5, 0.6) is 0 Å². The molecule has 1 fully saturated rings. The number of carbonyl (C=O) groups excluding carboxylic acids is 1. The van der Waals surface area contributed by atoms with Crippen LogP contribution in [-0.2, 0) is 4.74 Å². The molecule has 0 saturated carbocycles. The number of rotatable bonds is 5. The van der Waals surface area contributed by atoms with E-state index in [2.05, 4.69) is 10.3 Å². The predicted octanol–water partition coefficient (Wildman–Crippen LogP) is 2.41. The van der Waals surface area contributed by atoms with Gasteiger partial charge in [0.15, 0.2) is 5.78 Å². The summed E-state index contributed by atoms with van der Waals surface area (Å²) in [6.07, 6.45) is 5.18. The summed E-state index contributed by atoms with van der Waals surface area (Å²) in [5.41, 5.74) is 1.39. The van der Waals surface area contributed by atoms with E-state index in [0.717, 1.165) is 31.6 Å². The van der Waals surface area contributed by atoms with Crippen molar-refractivity contribution in [2.45, 2.75) is 31.8 Å². The molecule has 5 heteroatoms. The van der Waals surface area contributed by atoms with Crippen LogP contribution in [-0.4, -0.2) is 33.5 Å². The summed E-state index contributed by atoms with van der Waals surface area (Å²) in [6, 6.07) is 9.58. The highest BCUT2D eigenvalue weighted by Gasteiger charge is 2.19. The summed E-state index contributed by atoms with van der Waals surface area (Å²) >= 11 is 0. The molecule has 104 valence electrons. The van der Waals surface area contributed by atoms with Crippen molar-refractivity contribution < 1.29 is 9.53 Å². The number of aromatic nitrogens is 3. The van der Waals surface area contributed by atoms with E-state index < -0.39 is 0 Å². The fourth-order valence-corrected chi connectivity index (χ4v) is 2.48. The summed E-state index contributed by atoms with van der Waals surface area (Å²) in [5, 5.41) is 7.86. The third-order valence-electron chi connectivity index (χ3n) is 3.55. The van der Waals surface area contributed by atoms with Gasteiger partial charge in [-0.2, -0.15) is 0 Å². The van der Waals surface area contributed by atoms with Gasteiger partial charge in [-0.3, -0.25) is 4.79 Å². The summed E-state index contributed by atoms with van der Waals surface area (Å²) in [5.74, 6) is 0.0642. The van der Waals surface area contributed by atoms with Gasteiger partial charge in [0, 0.05) is 13.0 Å². The molecule has 0 aliphatic carbocycles. The maximum absolute atomic E-state index is 12.3. The van der Waals surface area contributed by atoms with Gasteiger partial charge in [0.2, 0.25) is 0 Å². The first kappa shape index (κ1) is 13.0. The lowest BCUT2D eigenvalue weighted by atomic mass is 10.1. The van der Waals surface area contributed by atoms with Gasteiger partial charge < -0.3 is 4.74 Å². The minimum atomic E-state index is 0.0642. The third-order valence-corrected chi connectivity index (χ3v) is 3.55. The molecule has 0 amide bonds. The predicted molar refractivity (Wildman–Crippen MR) is 73.9 cm³/mol. The Morgan fingerprint density at radius 3 is 2.95 bits per heavy atom. The number of ketones is 1. The molecule has 1 unspecified atom stereocenters. The second-order valence-corrected chi connectivity index (χ2v) is 4.96. The van der Waals surface area contributed by atoms with Gasteiger partial charge in [-0.25, -0.2) is 4.68 Å². The number of nitrogens with zero attached hydrogens (tertiary/aromatic N) is 3. The Balaban J connectivity index is 1.70. The minimum absolute atomic E-state index is 0.0642. The number of ether oxygens (including phenoxy) is 1. The molecule has 1 saturated heterocycles. The normalized spacial score (nSPS) is 18.3. The van der Waals surface area contributed by atoms with Crippen LogP contribution in [0.1, 0.15) is 36.2 Å². The molecule has 1 aliphatic heterocycles. The molecule has 1 aromatic heterocycles. The molecule has 2 heterocycles. The largest absolute Gasteiger partial charge is 0.378 e. The lowest BCUT2D eigenvalue weighted by Crippen LogP contribution is -2.12. The Morgan fingerprint density at radius 2 is 2.20 bits per heavy atom. The van der Waals surface area contributed by atoms with Crippen LogP contribution in [0.3, 0.4) is 0 Å². The number of hydrogen-bond donors (Lipinski definition) is 0. The number of benzene rings is 1. The standard InChI is InChI=1S/C15H17N3O2/c19-15(9-8-13-7-4-10-20-13)14-11-16-17-18(14)12-5-2-1-3-6-12/h1-3,5-6,11,13H,4,7-10H2. The molecule has 0 radical (unpaired) electrons. The molecule has 1 aromatic carbocycles. The highest BCUT2D eigenvalue weighted by Crippen LogP contribution is 2.18. The van der Waals surface area contributed by atoms with E-state index in [9.17, 15) is 4.79 Å². The van der Waals surface area contributed by atoms with Crippen molar-refractivity contribution in [3.63, 3.8) is 0 Å². The lowest BCUT2D eigenvalue weighted by molar-refractivity contribution is 0.0854. The first-order chi connectivity index (χ1) is 9.84. The van der Waals surface area contributed by atoms with Crippen molar-refractivity contribution in [1.29, 1.82) is 0 Å². The van der Waals surface area contributed by atoms with Gasteiger partial charge in [-0.15, -0.1) is 5.10 Å². The highest BCUT2D eigenvalue weighted by molar-refractivity contribution is 5.94. The smallest absolute Gasteiger partial charge is 0.183 e. The van der Waals surface area contributed by atoms with Gasteiger partial charge >= 0.3 is 0 Å². The summed E-state index contributed by atoms with van der Waals surface area (Å²) < 4.78 is 7.14. The van der Waals surface area contributed by atoms with E-state index in [1.54, 1.807) is 4.68 Å². The molecule has 0 spiro atoms. The summed E-state index contributed by atoms with van der Waals surface area (Å²) in [4.78, 5) is 12.3. The van der Waals surface area contributed by atoms with E-state index in [-0.39, 0.29) is 11.9 Å². The molecule has 1 atom stereocenters. The van der Waals surface area contributed by atoms with Gasteiger partial charge in [-0.1, -0.05) is 23.4 Å². The van der Waals surface area contributed by atoms with Crippen LogP contribution >= 0.6 is 0 Å². The quantitative estimate of drug-likeness (QED) is 0.784. The highest BCUT2D eigenvalue weighted by atomic mass is 16.5. The van der Waals surface area contributed by atoms with Crippen LogP contribution in [0, 0.1) is 0 Å². The van der Waals surface area contributed by atoms with E-state index in [1.807, 2.05) is 30.3 Å². The van der Waals surface area contributed by atoms with E-state index in [1.165, 1.54) is 6.20 Å². The molecule has 20 heavy (non-hydrogen) atoms. The maximum Gasteiger partial charge on any atom is 0.183 e. The summed E-state index contributed by atoms with van der Waals surface area (Å²) in [7, 11) is 0. The average molecular weight is 271 g/mol. The van der Waals surface area contributed by atoms with Crippen LogP contribution in [0.15, 0.2) is 36.5 Å². The maximum atomic E-state index is 12.3. The van der Waals surface area contributed by atoms with Crippen molar-refractivity contribution in [2.24, 2.45) is 0 Å². The molecular weight excluding hydrogens is 254 g/mol. The van der Waals surface area contributed by atoms with Gasteiger partial charge in [0.05, 0.1) is 18.0 Å². The number of carbonyl (C=O) groups is 1. The fourth-order valence-electron chi connectivity index (χ4n) is 2.48. The zero-order valence-electron chi connectivity index (χ0n) is 11.2. The Morgan fingerprint density at radius 1 is 1.35 bits per heavy atom. The van der Waals surface area contributed by atoms with Crippen molar-refractivity contribution in [3.05, 3.63) is 42.2 Å². The van der Waals surface area contributed by atoms with Crippen molar-refractivity contribution in [3.8, 4) is 5.69 Å². The minimum Gasteiger partial charge on any atom is -0.378 e. The zero-order valence-corrected chi connectivity index (χ0v) is 11.2. The molecule has 0 bridgehead atoms. The Hall–Kier alpha value is -2.01. The molecule has 1 aliphatic rings. The first-order valence-electron chi connectivity index (χ1n) is 6.95. The van der Waals surface area contributed by atoms with E-state index in [0.29, 0.717) is 12.1 Å². The van der Waals surface area contributed by atoms with Crippen LogP contribution in [0.25, 0.3) is 5.69 Å². The second kappa shape index (κ2) is 5.96. The lowest BCUT2D eigenvalue weighted by Gasteiger charge is -2.09. The topological polar surface area (TPSA) is 57.0 Å². The van der Waals surface area contributed by atoms with Gasteiger partial charge in [-0.05, 0) is 31.4 Å². The van der Waals surface area contributed by atoms with E-state index in [4.69, 9.17) is 4.74 Å². The van der Waals surface area contributed by atoms with Crippen molar-refractivity contribution >= 4 is 5.78 Å². The molecular formula is C15H17N3O2. The SMILES string of the molecule is O=C(CCC1CCCO1)c1cnnn1-c1ccccc1. The van der Waals surface area contributed by atoms with E-state index >= 15 is 0 Å². The first-order valence-corrected chi connectivity index (χ1v) is 6.95. The second-order valence-electron chi connectivity index (χ2n) is 4.96. The Labute approximate surface area is 117 Å². The third kappa shape index (κ3) is 2.77. The number of hydrogen-bond acceptors (Lipinski definition) is 4. The average Bonchev–Trinajstić information content (AvgIpc) is 3.17.